The van der Waals surface area contributed by atoms with Crippen LogP contribution in [0.2, 0.25) is 10.0 Å². The van der Waals surface area contributed by atoms with E-state index >= 15 is 0 Å². The van der Waals surface area contributed by atoms with Crippen LogP contribution in [-0.4, -0.2) is 29.5 Å². The highest BCUT2D eigenvalue weighted by Gasteiger charge is 2.18. The van der Waals surface area contributed by atoms with E-state index in [1.165, 1.54) is 11.6 Å². The van der Waals surface area contributed by atoms with Crippen LogP contribution in [0.15, 0.2) is 83.9 Å². The molecule has 0 heterocycles. The minimum atomic E-state index is -0.433. The number of ether oxygens (including phenoxy) is 1. The highest BCUT2D eigenvalue weighted by molar-refractivity contribution is 6.42. The second kappa shape index (κ2) is 11.7. The Morgan fingerprint density at radius 2 is 1.53 bits per heavy atom. The van der Waals surface area contributed by atoms with Crippen molar-refractivity contribution in [3.05, 3.63) is 106 Å². The van der Waals surface area contributed by atoms with E-state index in [0.29, 0.717) is 28.7 Å². The Hall–Kier alpha value is -2.82. The maximum absolute atomic E-state index is 12.9. The van der Waals surface area contributed by atoms with E-state index in [1.54, 1.807) is 12.1 Å². The summed E-state index contributed by atoms with van der Waals surface area (Å²) >= 11 is 12.1. The normalized spacial score (nSPS) is 11.5. The summed E-state index contributed by atoms with van der Waals surface area (Å²) in [6.45, 7) is 5.03. The fourth-order valence-electron chi connectivity index (χ4n) is 3.12. The van der Waals surface area contributed by atoms with Gasteiger partial charge in [0.05, 0.1) is 16.1 Å². The maximum atomic E-state index is 12.9. The molecule has 3 aromatic carbocycles. The minimum absolute atomic E-state index is 0.148. The summed E-state index contributed by atoms with van der Waals surface area (Å²) < 4.78 is 6.02. The van der Waals surface area contributed by atoms with Crippen LogP contribution < -0.4 is 0 Å². The Morgan fingerprint density at radius 3 is 2.12 bits per heavy atom. The smallest absolute Gasteiger partial charge is 0.296 e. The topological polar surface area (TPSA) is 41.9 Å². The van der Waals surface area contributed by atoms with E-state index in [9.17, 15) is 4.79 Å². The average molecular weight is 469 g/mol. The zero-order chi connectivity index (χ0) is 22.9. The number of aliphatic imine (C=N–C) groups is 1. The Labute approximate surface area is 199 Å². The van der Waals surface area contributed by atoms with Crippen molar-refractivity contribution < 1.29 is 9.53 Å². The quantitative estimate of drug-likeness (QED) is 0.287. The third-order valence-electron chi connectivity index (χ3n) is 4.70. The molecule has 3 rings (SSSR count). The highest BCUT2D eigenvalue weighted by atomic mass is 35.5. The number of hydrogen-bond acceptors (Lipinski definition) is 2. The second-order valence-electron chi connectivity index (χ2n) is 7.64. The number of amides is 1. The molecular formula is C26H26Cl2N2O2. The molecule has 0 aromatic heterocycles. The van der Waals surface area contributed by atoms with Crippen LogP contribution in [0.5, 0.6) is 0 Å². The summed E-state index contributed by atoms with van der Waals surface area (Å²) in [5.74, 6) is -0.433. The lowest BCUT2D eigenvalue weighted by molar-refractivity contribution is 0.0987. The third kappa shape index (κ3) is 7.11. The number of amidine groups is 1. The Bertz CT molecular complexity index is 1050. The van der Waals surface area contributed by atoms with Gasteiger partial charge in [0.25, 0.3) is 11.9 Å². The first-order valence-corrected chi connectivity index (χ1v) is 11.3. The van der Waals surface area contributed by atoms with E-state index in [4.69, 9.17) is 27.9 Å². The number of benzene rings is 3. The molecule has 0 spiro atoms. The molecule has 166 valence electrons. The molecule has 0 fully saturated rings. The van der Waals surface area contributed by atoms with Gasteiger partial charge >= 0.3 is 0 Å². The molecule has 0 bridgehead atoms. The van der Waals surface area contributed by atoms with Gasteiger partial charge in [-0.3, -0.25) is 4.79 Å². The zero-order valence-electron chi connectivity index (χ0n) is 18.2. The van der Waals surface area contributed by atoms with Crippen LogP contribution in [0.25, 0.3) is 0 Å². The summed E-state index contributed by atoms with van der Waals surface area (Å²) in [6.07, 6.45) is 0.639. The fourth-order valence-corrected chi connectivity index (χ4v) is 3.42. The first kappa shape index (κ1) is 23.8. The summed E-state index contributed by atoms with van der Waals surface area (Å²) in [6, 6.07) is 25.3. The molecule has 32 heavy (non-hydrogen) atoms. The Morgan fingerprint density at radius 1 is 0.906 bits per heavy atom. The number of carbonyl (C=O) groups excluding carboxylic acids is 1. The molecule has 0 aliphatic carbocycles. The molecule has 0 saturated carbocycles. The molecule has 0 N–H and O–H groups in total. The first-order valence-electron chi connectivity index (χ1n) is 10.5. The van der Waals surface area contributed by atoms with Crippen molar-refractivity contribution in [1.29, 1.82) is 0 Å². The number of hydrogen-bond donors (Lipinski definition) is 0. The Kier molecular flexibility index (Phi) is 8.72. The molecule has 0 unspecified atom stereocenters. The summed E-state index contributed by atoms with van der Waals surface area (Å²) in [5.41, 5.74) is 2.65. The van der Waals surface area contributed by atoms with Crippen molar-refractivity contribution in [1.82, 2.24) is 4.90 Å². The molecular weight excluding hydrogens is 443 g/mol. The molecule has 0 aliphatic rings. The molecule has 6 heteroatoms. The van der Waals surface area contributed by atoms with Gasteiger partial charge in [-0.1, -0.05) is 83.9 Å². The molecule has 0 radical (unpaired) electrons. The number of halogens is 2. The van der Waals surface area contributed by atoms with Gasteiger partial charge in [-0.05, 0) is 49.6 Å². The summed E-state index contributed by atoms with van der Waals surface area (Å²) in [5, 5.41) is 0.698. The SMILES string of the molecule is CC(C)OC(=NC(=O)c1ccc(Cl)c(Cl)c1)N(CCc1ccccc1)Cc1ccccc1. The van der Waals surface area contributed by atoms with Crippen LogP contribution in [-0.2, 0) is 17.7 Å². The van der Waals surface area contributed by atoms with Crippen molar-refractivity contribution in [3.8, 4) is 0 Å². The largest absolute Gasteiger partial charge is 0.462 e. The van der Waals surface area contributed by atoms with E-state index in [-0.39, 0.29) is 12.1 Å². The predicted molar refractivity (Wildman–Crippen MR) is 131 cm³/mol. The lowest BCUT2D eigenvalue weighted by Crippen LogP contribution is -2.36. The van der Waals surface area contributed by atoms with E-state index < -0.39 is 5.91 Å². The minimum Gasteiger partial charge on any atom is -0.462 e. The molecule has 3 aromatic rings. The van der Waals surface area contributed by atoms with Crippen molar-refractivity contribution in [2.24, 2.45) is 4.99 Å². The number of rotatable bonds is 7. The van der Waals surface area contributed by atoms with Gasteiger partial charge in [0.1, 0.15) is 0 Å². The van der Waals surface area contributed by atoms with Crippen LogP contribution in [0.4, 0.5) is 0 Å². The highest BCUT2D eigenvalue weighted by Crippen LogP contribution is 2.23. The van der Waals surface area contributed by atoms with Gasteiger partial charge in [0, 0.05) is 18.7 Å². The van der Waals surface area contributed by atoms with Gasteiger partial charge < -0.3 is 9.64 Å². The summed E-state index contributed by atoms with van der Waals surface area (Å²) in [7, 11) is 0. The van der Waals surface area contributed by atoms with E-state index in [0.717, 1.165) is 12.0 Å². The molecule has 0 atom stereocenters. The molecule has 0 aliphatic heterocycles. The lowest BCUT2D eigenvalue weighted by Gasteiger charge is -2.27. The van der Waals surface area contributed by atoms with Crippen LogP contribution >= 0.6 is 23.2 Å². The van der Waals surface area contributed by atoms with E-state index in [2.05, 4.69) is 17.1 Å². The number of carbonyl (C=O) groups is 1. The van der Waals surface area contributed by atoms with Crippen molar-refractivity contribution >= 4 is 35.1 Å². The lowest BCUT2D eigenvalue weighted by atomic mass is 10.1. The van der Waals surface area contributed by atoms with Crippen molar-refractivity contribution in [2.75, 3.05) is 6.54 Å². The third-order valence-corrected chi connectivity index (χ3v) is 5.44. The van der Waals surface area contributed by atoms with Crippen molar-refractivity contribution in [2.45, 2.75) is 32.9 Å². The van der Waals surface area contributed by atoms with Crippen LogP contribution in [0, 0.1) is 0 Å². The molecule has 0 saturated heterocycles. The molecule has 4 nitrogen and oxygen atoms in total. The summed E-state index contributed by atoms with van der Waals surface area (Å²) in [4.78, 5) is 19.3. The van der Waals surface area contributed by atoms with E-state index in [1.807, 2.05) is 67.3 Å². The van der Waals surface area contributed by atoms with Crippen molar-refractivity contribution in [3.63, 3.8) is 0 Å². The number of nitrogens with zero attached hydrogens (tertiary/aromatic N) is 2. The zero-order valence-corrected chi connectivity index (χ0v) is 19.7. The Balaban J connectivity index is 1.91. The average Bonchev–Trinajstić information content (AvgIpc) is 2.79. The fraction of sp³-hybridized carbons (Fsp3) is 0.231. The van der Waals surface area contributed by atoms with Gasteiger partial charge in [-0.2, -0.15) is 4.99 Å². The van der Waals surface area contributed by atoms with Gasteiger partial charge in [0.15, 0.2) is 0 Å². The van der Waals surface area contributed by atoms with Crippen LogP contribution in [0.1, 0.15) is 35.3 Å². The maximum Gasteiger partial charge on any atom is 0.296 e. The first-order chi connectivity index (χ1) is 15.4. The van der Waals surface area contributed by atoms with Crippen LogP contribution in [0.3, 0.4) is 0 Å². The monoisotopic (exact) mass is 468 g/mol. The second-order valence-corrected chi connectivity index (χ2v) is 8.45. The standard InChI is InChI=1S/C26H26Cl2N2O2/c1-19(2)32-26(29-25(31)22-13-14-23(27)24(28)17-22)30(18-21-11-7-4-8-12-21)16-15-20-9-5-3-6-10-20/h3-14,17,19H,15-16,18H2,1-2H3. The predicted octanol–water partition coefficient (Wildman–Crippen LogP) is 6.66. The van der Waals surface area contributed by atoms with Gasteiger partial charge in [-0.25, -0.2) is 0 Å². The molecule has 1 amide bonds. The van der Waals surface area contributed by atoms with Gasteiger partial charge in [0.2, 0.25) is 0 Å². The van der Waals surface area contributed by atoms with Gasteiger partial charge in [-0.15, -0.1) is 0 Å².